The minimum absolute atomic E-state index is 0.0784. The van der Waals surface area contributed by atoms with Gasteiger partial charge in [0.05, 0.1) is 0 Å². The number of ether oxygens (including phenoxy) is 1. The molecule has 1 saturated heterocycles. The highest BCUT2D eigenvalue weighted by molar-refractivity contribution is 5.68. The fourth-order valence-electron chi connectivity index (χ4n) is 3.55. The van der Waals surface area contributed by atoms with Gasteiger partial charge in [0, 0.05) is 57.1 Å². The van der Waals surface area contributed by atoms with Crippen LogP contribution in [-0.2, 0) is 11.3 Å². The Balaban J connectivity index is 1.34. The predicted octanol–water partition coefficient (Wildman–Crippen LogP) is 2.86. The summed E-state index contributed by atoms with van der Waals surface area (Å²) < 4.78 is 5.50. The van der Waals surface area contributed by atoms with E-state index in [0.29, 0.717) is 6.04 Å². The van der Waals surface area contributed by atoms with Gasteiger partial charge in [0.25, 0.3) is 0 Å². The molecular formula is C20H31N3O2. The van der Waals surface area contributed by atoms with Crippen molar-refractivity contribution in [1.29, 1.82) is 0 Å². The zero-order chi connectivity index (χ0) is 17.9. The lowest BCUT2D eigenvalue weighted by Crippen LogP contribution is -2.56. The summed E-state index contributed by atoms with van der Waals surface area (Å²) in [6, 6.07) is 11.3. The van der Waals surface area contributed by atoms with E-state index in [2.05, 4.69) is 45.4 Å². The number of nitrogens with zero attached hydrogens (tertiary/aromatic N) is 2. The molecule has 1 saturated carbocycles. The fraction of sp³-hybridized carbons (Fsp3) is 0.650. The Morgan fingerprint density at radius 1 is 1.12 bits per heavy atom. The standard InChI is InChI=1S/C20H31N3O2/c1-20(2,3)21-19(24)25-18-13-17(14-18)23-11-9-22(10-12-23)15-16-7-5-4-6-8-16/h4-8,17-18H,9-15H2,1-3H3,(H,21,24). The van der Waals surface area contributed by atoms with E-state index < -0.39 is 0 Å². The lowest BCUT2D eigenvalue weighted by Gasteiger charge is -2.46. The molecule has 25 heavy (non-hydrogen) atoms. The van der Waals surface area contributed by atoms with Gasteiger partial charge in [0.2, 0.25) is 0 Å². The number of hydrogen-bond acceptors (Lipinski definition) is 4. The molecule has 2 fully saturated rings. The molecule has 1 aliphatic heterocycles. The fourth-order valence-corrected chi connectivity index (χ4v) is 3.55. The molecule has 0 atom stereocenters. The van der Waals surface area contributed by atoms with Crippen LogP contribution in [-0.4, -0.2) is 59.8 Å². The number of rotatable bonds is 4. The highest BCUT2D eigenvalue weighted by atomic mass is 16.6. The van der Waals surface area contributed by atoms with Crippen molar-refractivity contribution >= 4 is 6.09 Å². The van der Waals surface area contributed by atoms with Gasteiger partial charge in [-0.15, -0.1) is 0 Å². The third-order valence-electron chi connectivity index (χ3n) is 4.99. The topological polar surface area (TPSA) is 44.8 Å². The number of nitrogens with one attached hydrogen (secondary N) is 1. The monoisotopic (exact) mass is 345 g/mol. The zero-order valence-electron chi connectivity index (χ0n) is 15.7. The van der Waals surface area contributed by atoms with Crippen LogP contribution in [0, 0.1) is 0 Å². The maximum atomic E-state index is 11.8. The van der Waals surface area contributed by atoms with Crippen LogP contribution >= 0.6 is 0 Å². The van der Waals surface area contributed by atoms with Crippen LogP contribution in [0.2, 0.25) is 0 Å². The van der Waals surface area contributed by atoms with Crippen LogP contribution in [0.15, 0.2) is 30.3 Å². The van der Waals surface area contributed by atoms with Gasteiger partial charge in [0.15, 0.2) is 0 Å². The van der Waals surface area contributed by atoms with Crippen molar-refractivity contribution in [1.82, 2.24) is 15.1 Å². The minimum Gasteiger partial charge on any atom is -0.446 e. The quantitative estimate of drug-likeness (QED) is 0.911. The second-order valence-electron chi connectivity index (χ2n) is 8.33. The van der Waals surface area contributed by atoms with Crippen molar-refractivity contribution in [2.24, 2.45) is 0 Å². The molecule has 1 heterocycles. The number of benzene rings is 1. The summed E-state index contributed by atoms with van der Waals surface area (Å²) in [5, 5.41) is 2.86. The first-order valence-electron chi connectivity index (χ1n) is 9.38. The molecule has 2 aliphatic rings. The Hall–Kier alpha value is -1.59. The lowest BCUT2D eigenvalue weighted by atomic mass is 9.87. The normalized spacial score (nSPS) is 25.2. The summed E-state index contributed by atoms with van der Waals surface area (Å²) in [5.41, 5.74) is 1.15. The van der Waals surface area contributed by atoms with E-state index in [-0.39, 0.29) is 17.7 Å². The molecule has 138 valence electrons. The zero-order valence-corrected chi connectivity index (χ0v) is 15.7. The van der Waals surface area contributed by atoms with E-state index in [1.807, 2.05) is 20.8 Å². The molecule has 5 nitrogen and oxygen atoms in total. The highest BCUT2D eigenvalue weighted by Crippen LogP contribution is 2.29. The maximum absolute atomic E-state index is 11.8. The van der Waals surface area contributed by atoms with E-state index in [0.717, 1.165) is 45.6 Å². The summed E-state index contributed by atoms with van der Waals surface area (Å²) in [7, 11) is 0. The second kappa shape index (κ2) is 7.75. The van der Waals surface area contributed by atoms with Gasteiger partial charge < -0.3 is 10.1 Å². The Morgan fingerprint density at radius 2 is 1.76 bits per heavy atom. The van der Waals surface area contributed by atoms with E-state index in [9.17, 15) is 4.79 Å². The third-order valence-corrected chi connectivity index (χ3v) is 4.99. The van der Waals surface area contributed by atoms with Gasteiger partial charge in [-0.2, -0.15) is 0 Å². The van der Waals surface area contributed by atoms with Gasteiger partial charge in [-0.25, -0.2) is 4.79 Å². The van der Waals surface area contributed by atoms with Gasteiger partial charge in [-0.05, 0) is 26.3 Å². The van der Waals surface area contributed by atoms with E-state index in [4.69, 9.17) is 4.74 Å². The average molecular weight is 345 g/mol. The first-order chi connectivity index (χ1) is 11.9. The Labute approximate surface area is 151 Å². The van der Waals surface area contributed by atoms with Crippen molar-refractivity contribution in [3.63, 3.8) is 0 Å². The molecule has 3 rings (SSSR count). The van der Waals surface area contributed by atoms with Crippen molar-refractivity contribution in [3.05, 3.63) is 35.9 Å². The smallest absolute Gasteiger partial charge is 0.407 e. The summed E-state index contributed by atoms with van der Waals surface area (Å²) >= 11 is 0. The maximum Gasteiger partial charge on any atom is 0.407 e. The molecule has 0 bridgehead atoms. The third kappa shape index (κ3) is 5.44. The van der Waals surface area contributed by atoms with Gasteiger partial charge >= 0.3 is 6.09 Å². The molecule has 1 aromatic rings. The van der Waals surface area contributed by atoms with Crippen LogP contribution in [0.25, 0.3) is 0 Å². The minimum atomic E-state index is -0.288. The largest absolute Gasteiger partial charge is 0.446 e. The molecular weight excluding hydrogens is 314 g/mol. The number of piperazine rings is 1. The molecule has 1 amide bonds. The Bertz CT molecular complexity index is 556. The summed E-state index contributed by atoms with van der Waals surface area (Å²) in [5.74, 6) is 0. The van der Waals surface area contributed by atoms with Gasteiger partial charge in [-0.3, -0.25) is 9.80 Å². The molecule has 0 unspecified atom stereocenters. The SMILES string of the molecule is CC(C)(C)NC(=O)OC1CC(N2CCN(Cc3ccccc3)CC2)C1. The molecule has 1 N–H and O–H groups in total. The van der Waals surface area contributed by atoms with Crippen molar-refractivity contribution < 1.29 is 9.53 Å². The van der Waals surface area contributed by atoms with Crippen LogP contribution in [0.4, 0.5) is 4.79 Å². The van der Waals surface area contributed by atoms with Crippen LogP contribution in [0.3, 0.4) is 0 Å². The Morgan fingerprint density at radius 3 is 2.36 bits per heavy atom. The molecule has 0 spiro atoms. The average Bonchev–Trinajstić information content (AvgIpc) is 2.51. The molecule has 0 radical (unpaired) electrons. The van der Waals surface area contributed by atoms with Gasteiger partial charge in [0.1, 0.15) is 6.10 Å². The van der Waals surface area contributed by atoms with Crippen LogP contribution in [0.1, 0.15) is 39.2 Å². The first-order valence-corrected chi connectivity index (χ1v) is 9.38. The number of amides is 1. The van der Waals surface area contributed by atoms with Crippen molar-refractivity contribution in [2.75, 3.05) is 26.2 Å². The van der Waals surface area contributed by atoms with Crippen molar-refractivity contribution in [3.8, 4) is 0 Å². The summed E-state index contributed by atoms with van der Waals surface area (Å²) in [6.45, 7) is 11.4. The highest BCUT2D eigenvalue weighted by Gasteiger charge is 2.37. The summed E-state index contributed by atoms with van der Waals surface area (Å²) in [4.78, 5) is 16.9. The predicted molar refractivity (Wildman–Crippen MR) is 99.5 cm³/mol. The number of hydrogen-bond donors (Lipinski definition) is 1. The van der Waals surface area contributed by atoms with Crippen LogP contribution in [0.5, 0.6) is 0 Å². The number of carbonyl (C=O) groups is 1. The first kappa shape index (κ1) is 18.2. The van der Waals surface area contributed by atoms with Crippen molar-refractivity contribution in [2.45, 2.75) is 57.8 Å². The second-order valence-corrected chi connectivity index (χ2v) is 8.33. The molecule has 0 aromatic heterocycles. The molecule has 5 heteroatoms. The number of alkyl carbamates (subject to hydrolysis) is 1. The lowest BCUT2D eigenvalue weighted by molar-refractivity contribution is -0.0290. The Kier molecular flexibility index (Phi) is 5.64. The molecule has 1 aliphatic carbocycles. The van der Waals surface area contributed by atoms with Crippen LogP contribution < -0.4 is 5.32 Å². The van der Waals surface area contributed by atoms with E-state index in [1.54, 1.807) is 0 Å². The summed E-state index contributed by atoms with van der Waals surface area (Å²) in [6.07, 6.45) is 1.73. The molecule has 1 aromatic carbocycles. The van der Waals surface area contributed by atoms with Gasteiger partial charge in [-0.1, -0.05) is 30.3 Å². The van der Waals surface area contributed by atoms with E-state index in [1.165, 1.54) is 5.56 Å². The van der Waals surface area contributed by atoms with E-state index >= 15 is 0 Å². The number of carbonyl (C=O) groups excluding carboxylic acids is 1.